The molecule has 2 unspecified atom stereocenters. The summed E-state index contributed by atoms with van der Waals surface area (Å²) >= 11 is 0. The molecule has 2 atom stereocenters. The van der Waals surface area contributed by atoms with Gasteiger partial charge in [0.2, 0.25) is 0 Å². The Morgan fingerprint density at radius 1 is 1.15 bits per heavy atom. The molecule has 1 aliphatic carbocycles. The molecular weight excluding hydrogens is 256 g/mol. The smallest absolute Gasteiger partial charge is 0.274 e. The zero-order chi connectivity index (χ0) is 14.2. The predicted octanol–water partition coefficient (Wildman–Crippen LogP) is 4.43. The molecule has 0 spiro atoms. The van der Waals surface area contributed by atoms with Gasteiger partial charge in [0.25, 0.3) is 5.92 Å². The Kier molecular flexibility index (Phi) is 3.57. The first-order valence-corrected chi connectivity index (χ1v) is 7.81. The van der Waals surface area contributed by atoms with Gasteiger partial charge in [0.15, 0.2) is 0 Å². The fourth-order valence-electron chi connectivity index (χ4n) is 3.99. The van der Waals surface area contributed by atoms with Crippen molar-refractivity contribution in [1.82, 2.24) is 4.90 Å². The molecule has 3 aliphatic rings. The minimum absolute atomic E-state index is 0.436. The molecule has 1 aromatic rings. The van der Waals surface area contributed by atoms with Gasteiger partial charge in [-0.1, -0.05) is 56.5 Å². The van der Waals surface area contributed by atoms with Crippen molar-refractivity contribution in [1.29, 1.82) is 0 Å². The summed E-state index contributed by atoms with van der Waals surface area (Å²) in [5, 5.41) is 0. The SMILES string of the molecule is CCCCCCN1CC2CC1(c1ccccc1)C2(F)F. The molecule has 0 radical (unpaired) electrons. The lowest BCUT2D eigenvalue weighted by molar-refractivity contribution is -0.195. The van der Waals surface area contributed by atoms with E-state index in [9.17, 15) is 8.78 Å². The third kappa shape index (κ3) is 1.82. The van der Waals surface area contributed by atoms with Crippen molar-refractivity contribution in [3.05, 3.63) is 35.9 Å². The number of halogens is 2. The Hall–Kier alpha value is -0.960. The van der Waals surface area contributed by atoms with Crippen molar-refractivity contribution in [2.45, 2.75) is 50.5 Å². The van der Waals surface area contributed by atoms with Gasteiger partial charge in [-0.2, -0.15) is 0 Å². The molecule has 0 N–H and O–H groups in total. The van der Waals surface area contributed by atoms with E-state index in [0.29, 0.717) is 13.0 Å². The molecule has 4 rings (SSSR count). The normalized spacial score (nSPS) is 31.2. The molecule has 2 heterocycles. The van der Waals surface area contributed by atoms with E-state index in [2.05, 4.69) is 11.8 Å². The van der Waals surface area contributed by atoms with Crippen LogP contribution in [0.2, 0.25) is 0 Å². The molecular formula is C17H23F2N. The molecule has 20 heavy (non-hydrogen) atoms. The summed E-state index contributed by atoms with van der Waals surface area (Å²) in [7, 11) is 0. The molecule has 1 saturated carbocycles. The predicted molar refractivity (Wildman–Crippen MR) is 76.9 cm³/mol. The zero-order valence-corrected chi connectivity index (χ0v) is 12.1. The minimum atomic E-state index is -2.56. The van der Waals surface area contributed by atoms with Crippen molar-refractivity contribution < 1.29 is 8.78 Å². The summed E-state index contributed by atoms with van der Waals surface area (Å²) in [5.41, 5.74) is -0.209. The van der Waals surface area contributed by atoms with E-state index < -0.39 is 17.4 Å². The van der Waals surface area contributed by atoms with Crippen LogP contribution in [0, 0.1) is 5.92 Å². The van der Waals surface area contributed by atoms with Crippen molar-refractivity contribution in [3.8, 4) is 0 Å². The number of nitrogens with zero attached hydrogens (tertiary/aromatic N) is 1. The Morgan fingerprint density at radius 3 is 2.55 bits per heavy atom. The first-order chi connectivity index (χ1) is 9.63. The number of hydrogen-bond acceptors (Lipinski definition) is 1. The molecule has 0 aromatic heterocycles. The number of benzene rings is 1. The number of fused-ring (bicyclic) bond motifs is 1. The van der Waals surface area contributed by atoms with Gasteiger partial charge in [-0.15, -0.1) is 0 Å². The average molecular weight is 279 g/mol. The zero-order valence-electron chi connectivity index (χ0n) is 12.1. The van der Waals surface area contributed by atoms with Gasteiger partial charge in [0.1, 0.15) is 5.54 Å². The minimum Gasteiger partial charge on any atom is -0.288 e. The number of hydrogen-bond donors (Lipinski definition) is 0. The maximum absolute atomic E-state index is 14.5. The summed E-state index contributed by atoms with van der Waals surface area (Å²) in [6.07, 6.45) is 5.19. The average Bonchev–Trinajstić information content (AvgIpc) is 2.96. The monoisotopic (exact) mass is 279 g/mol. The molecule has 2 saturated heterocycles. The molecule has 110 valence electrons. The van der Waals surface area contributed by atoms with E-state index in [1.54, 1.807) is 0 Å². The number of rotatable bonds is 6. The van der Waals surface area contributed by atoms with Crippen LogP contribution in [0.4, 0.5) is 8.78 Å². The van der Waals surface area contributed by atoms with Gasteiger partial charge in [0.05, 0.1) is 0 Å². The molecule has 1 aromatic carbocycles. The van der Waals surface area contributed by atoms with Crippen LogP contribution in [0.25, 0.3) is 0 Å². The van der Waals surface area contributed by atoms with Gasteiger partial charge < -0.3 is 0 Å². The van der Waals surface area contributed by atoms with Crippen LogP contribution in [-0.4, -0.2) is 23.9 Å². The van der Waals surface area contributed by atoms with Gasteiger partial charge in [-0.3, -0.25) is 4.90 Å². The van der Waals surface area contributed by atoms with Gasteiger partial charge in [-0.25, -0.2) is 8.78 Å². The highest BCUT2D eigenvalue weighted by atomic mass is 19.3. The summed E-state index contributed by atoms with van der Waals surface area (Å²) in [6, 6.07) is 9.39. The fourth-order valence-corrected chi connectivity index (χ4v) is 3.99. The summed E-state index contributed by atoms with van der Waals surface area (Å²) in [6.45, 7) is 3.54. The van der Waals surface area contributed by atoms with Crippen LogP contribution in [0.3, 0.4) is 0 Å². The third-order valence-corrected chi connectivity index (χ3v) is 5.12. The highest BCUT2D eigenvalue weighted by molar-refractivity contribution is 5.36. The van der Waals surface area contributed by atoms with Crippen molar-refractivity contribution in [2.75, 3.05) is 13.1 Å². The maximum atomic E-state index is 14.5. The quantitative estimate of drug-likeness (QED) is 0.696. The topological polar surface area (TPSA) is 3.24 Å². The molecule has 3 fully saturated rings. The summed E-state index contributed by atoms with van der Waals surface area (Å²) in [4.78, 5) is 2.06. The molecule has 1 nitrogen and oxygen atoms in total. The van der Waals surface area contributed by atoms with Crippen LogP contribution < -0.4 is 0 Å². The molecule has 2 bridgehead atoms. The van der Waals surface area contributed by atoms with Crippen LogP contribution >= 0.6 is 0 Å². The van der Waals surface area contributed by atoms with Crippen molar-refractivity contribution >= 4 is 0 Å². The Balaban J connectivity index is 1.78. The molecule has 0 amide bonds. The fraction of sp³-hybridized carbons (Fsp3) is 0.647. The van der Waals surface area contributed by atoms with E-state index in [-0.39, 0.29) is 0 Å². The van der Waals surface area contributed by atoms with Gasteiger partial charge in [-0.05, 0) is 24.9 Å². The second-order valence-electron chi connectivity index (χ2n) is 6.26. The Morgan fingerprint density at radius 2 is 1.90 bits per heavy atom. The Bertz CT molecular complexity index is 459. The summed E-state index contributed by atoms with van der Waals surface area (Å²) in [5.74, 6) is -2.99. The lowest BCUT2D eigenvalue weighted by atomic mass is 9.65. The molecule has 2 aliphatic heterocycles. The van der Waals surface area contributed by atoms with E-state index in [4.69, 9.17) is 0 Å². The second-order valence-corrected chi connectivity index (χ2v) is 6.26. The van der Waals surface area contributed by atoms with Crippen LogP contribution in [0.15, 0.2) is 30.3 Å². The second kappa shape index (κ2) is 5.10. The highest BCUT2D eigenvalue weighted by Crippen LogP contribution is 2.66. The first kappa shape index (κ1) is 14.0. The van der Waals surface area contributed by atoms with Crippen molar-refractivity contribution in [2.24, 2.45) is 5.92 Å². The van der Waals surface area contributed by atoms with Gasteiger partial charge in [0, 0.05) is 12.5 Å². The number of alkyl halides is 2. The van der Waals surface area contributed by atoms with Gasteiger partial charge >= 0.3 is 0 Å². The standard InChI is InChI=1S/C17H23F2N/c1-2-3-4-8-11-20-13-15-12-16(20,17(15,18)19)14-9-6-5-7-10-14/h5-7,9-10,15H,2-4,8,11-13H2,1H3. The first-order valence-electron chi connectivity index (χ1n) is 7.81. The van der Waals surface area contributed by atoms with Crippen LogP contribution in [0.5, 0.6) is 0 Å². The van der Waals surface area contributed by atoms with Crippen LogP contribution in [0.1, 0.15) is 44.6 Å². The largest absolute Gasteiger partial charge is 0.288 e. The van der Waals surface area contributed by atoms with E-state index in [1.807, 2.05) is 30.3 Å². The lowest BCUT2D eigenvalue weighted by Gasteiger charge is -2.49. The number of unbranched alkanes of at least 4 members (excludes halogenated alkanes) is 3. The molecule has 3 heteroatoms. The third-order valence-electron chi connectivity index (χ3n) is 5.12. The van der Waals surface area contributed by atoms with E-state index >= 15 is 0 Å². The van der Waals surface area contributed by atoms with Crippen LogP contribution in [-0.2, 0) is 5.54 Å². The van der Waals surface area contributed by atoms with Crippen molar-refractivity contribution in [3.63, 3.8) is 0 Å². The lowest BCUT2D eigenvalue weighted by Crippen LogP contribution is -2.60. The highest BCUT2D eigenvalue weighted by Gasteiger charge is 2.76. The van der Waals surface area contributed by atoms with E-state index in [0.717, 1.165) is 24.9 Å². The Labute approximate surface area is 120 Å². The summed E-state index contributed by atoms with van der Waals surface area (Å²) < 4.78 is 29.0. The maximum Gasteiger partial charge on any atom is 0.274 e. The van der Waals surface area contributed by atoms with E-state index in [1.165, 1.54) is 12.8 Å².